The molecule has 1 N–H and O–H groups in total. The van der Waals surface area contributed by atoms with E-state index in [1.807, 2.05) is 0 Å². The first-order valence-corrected chi connectivity index (χ1v) is 4.75. The van der Waals surface area contributed by atoms with Crippen molar-refractivity contribution in [3.8, 4) is 0 Å². The second kappa shape index (κ2) is 3.05. The van der Waals surface area contributed by atoms with Gasteiger partial charge in [-0.25, -0.2) is 0 Å². The average Bonchev–Trinajstić information content (AvgIpc) is 2.59. The van der Waals surface area contributed by atoms with Crippen molar-refractivity contribution in [3.05, 3.63) is 0 Å². The fourth-order valence-corrected chi connectivity index (χ4v) is 2.61. The number of hydrogen-bond acceptors (Lipinski definition) is 2. The summed E-state index contributed by atoms with van der Waals surface area (Å²) in [5.74, 6) is -0.665. The van der Waals surface area contributed by atoms with E-state index in [4.69, 9.17) is 5.11 Å². The highest BCUT2D eigenvalue weighted by Gasteiger charge is 2.38. The van der Waals surface area contributed by atoms with Gasteiger partial charge in [0.25, 0.3) is 0 Å². The lowest BCUT2D eigenvalue weighted by molar-refractivity contribution is -0.137. The molecule has 2 fully saturated rings. The summed E-state index contributed by atoms with van der Waals surface area (Å²) < 4.78 is 0. The smallest absolute Gasteiger partial charge is 0.304 e. The lowest BCUT2D eigenvalue weighted by atomic mass is 10.0. The van der Waals surface area contributed by atoms with Gasteiger partial charge in [0.1, 0.15) is 0 Å². The Kier molecular flexibility index (Phi) is 2.05. The maximum atomic E-state index is 10.4. The van der Waals surface area contributed by atoms with Crippen molar-refractivity contribution in [2.24, 2.45) is 0 Å². The molecule has 2 rings (SSSR count). The number of aliphatic carboxylic acids is 1. The van der Waals surface area contributed by atoms with Gasteiger partial charge in [-0.15, -0.1) is 0 Å². The molecule has 0 spiro atoms. The number of nitrogens with zero attached hydrogens (tertiary/aromatic N) is 1. The Labute approximate surface area is 72.4 Å². The number of hydrogen-bond donors (Lipinski definition) is 1. The van der Waals surface area contributed by atoms with Crippen molar-refractivity contribution in [3.63, 3.8) is 0 Å². The van der Waals surface area contributed by atoms with Crippen molar-refractivity contribution < 1.29 is 9.90 Å². The SMILES string of the molecule is O=C(O)CCN1C2CCC1CC2. The molecule has 0 atom stereocenters. The third-order valence-electron chi connectivity index (χ3n) is 3.19. The van der Waals surface area contributed by atoms with E-state index >= 15 is 0 Å². The summed E-state index contributed by atoms with van der Waals surface area (Å²) in [6.45, 7) is 0.769. The number of carbonyl (C=O) groups is 1. The molecular weight excluding hydrogens is 154 g/mol. The molecule has 0 saturated carbocycles. The number of fused-ring (bicyclic) bond motifs is 2. The largest absolute Gasteiger partial charge is 0.481 e. The van der Waals surface area contributed by atoms with Crippen molar-refractivity contribution in [1.82, 2.24) is 4.90 Å². The molecule has 3 nitrogen and oxygen atoms in total. The lowest BCUT2D eigenvalue weighted by Gasteiger charge is -2.19. The van der Waals surface area contributed by atoms with Gasteiger partial charge >= 0.3 is 5.97 Å². The van der Waals surface area contributed by atoms with E-state index in [-0.39, 0.29) is 0 Å². The fourth-order valence-electron chi connectivity index (χ4n) is 2.61. The Morgan fingerprint density at radius 1 is 1.25 bits per heavy atom. The van der Waals surface area contributed by atoms with E-state index in [2.05, 4.69) is 4.90 Å². The van der Waals surface area contributed by atoms with E-state index in [1.165, 1.54) is 25.7 Å². The highest BCUT2D eigenvalue weighted by Crippen LogP contribution is 2.37. The minimum atomic E-state index is -0.665. The van der Waals surface area contributed by atoms with Gasteiger partial charge in [-0.3, -0.25) is 9.69 Å². The average molecular weight is 169 g/mol. The van der Waals surface area contributed by atoms with Crippen molar-refractivity contribution in [1.29, 1.82) is 0 Å². The molecular formula is C9H15NO2. The molecule has 2 aliphatic rings. The topological polar surface area (TPSA) is 40.5 Å². The third kappa shape index (κ3) is 1.33. The van der Waals surface area contributed by atoms with Gasteiger partial charge in [0.2, 0.25) is 0 Å². The van der Waals surface area contributed by atoms with Gasteiger partial charge < -0.3 is 5.11 Å². The monoisotopic (exact) mass is 169 g/mol. The van der Waals surface area contributed by atoms with Crippen LogP contribution in [-0.4, -0.2) is 34.6 Å². The molecule has 2 heterocycles. The standard InChI is InChI=1S/C9H15NO2/c11-9(12)5-6-10-7-1-2-8(10)4-3-7/h7-8H,1-6H2,(H,11,12). The van der Waals surface area contributed by atoms with Gasteiger partial charge in [0.15, 0.2) is 0 Å². The van der Waals surface area contributed by atoms with Gasteiger partial charge in [0.05, 0.1) is 6.42 Å². The van der Waals surface area contributed by atoms with Crippen LogP contribution in [0.15, 0.2) is 0 Å². The Balaban J connectivity index is 1.85. The normalized spacial score (nSPS) is 34.3. The van der Waals surface area contributed by atoms with Crippen LogP contribution in [0.4, 0.5) is 0 Å². The summed E-state index contributed by atoms with van der Waals surface area (Å²) in [4.78, 5) is 12.8. The Hall–Kier alpha value is -0.570. The van der Waals surface area contributed by atoms with Crippen LogP contribution in [0.1, 0.15) is 32.1 Å². The molecule has 0 aromatic rings. The molecule has 12 heavy (non-hydrogen) atoms. The molecule has 2 aliphatic heterocycles. The van der Waals surface area contributed by atoms with Crippen LogP contribution >= 0.6 is 0 Å². The summed E-state index contributed by atoms with van der Waals surface area (Å²) >= 11 is 0. The Morgan fingerprint density at radius 2 is 1.75 bits per heavy atom. The summed E-state index contributed by atoms with van der Waals surface area (Å²) in [6.07, 6.45) is 5.50. The first-order valence-electron chi connectivity index (χ1n) is 4.75. The first-order chi connectivity index (χ1) is 5.77. The zero-order valence-corrected chi connectivity index (χ0v) is 7.20. The second-order valence-corrected chi connectivity index (χ2v) is 3.84. The van der Waals surface area contributed by atoms with Crippen LogP contribution in [0.5, 0.6) is 0 Å². The molecule has 0 aliphatic carbocycles. The van der Waals surface area contributed by atoms with E-state index in [0.29, 0.717) is 18.5 Å². The molecule has 0 unspecified atom stereocenters. The summed E-state index contributed by atoms with van der Waals surface area (Å²) in [7, 11) is 0. The molecule has 2 saturated heterocycles. The quantitative estimate of drug-likeness (QED) is 0.687. The number of carboxylic acids is 1. The van der Waals surface area contributed by atoms with Crippen LogP contribution in [0.3, 0.4) is 0 Å². The zero-order chi connectivity index (χ0) is 8.55. The van der Waals surface area contributed by atoms with E-state index in [0.717, 1.165) is 6.54 Å². The van der Waals surface area contributed by atoms with Crippen molar-refractivity contribution in [2.45, 2.75) is 44.2 Å². The zero-order valence-electron chi connectivity index (χ0n) is 7.20. The van der Waals surface area contributed by atoms with Gasteiger partial charge in [-0.05, 0) is 25.7 Å². The fraction of sp³-hybridized carbons (Fsp3) is 0.889. The van der Waals surface area contributed by atoms with Crippen molar-refractivity contribution >= 4 is 5.97 Å². The maximum absolute atomic E-state index is 10.4. The van der Waals surface area contributed by atoms with Gasteiger partial charge in [-0.1, -0.05) is 0 Å². The minimum absolute atomic E-state index is 0.312. The van der Waals surface area contributed by atoms with Crippen LogP contribution in [0.25, 0.3) is 0 Å². The highest BCUT2D eigenvalue weighted by molar-refractivity contribution is 5.66. The molecule has 0 aromatic carbocycles. The van der Waals surface area contributed by atoms with E-state index in [1.54, 1.807) is 0 Å². The number of rotatable bonds is 3. The summed E-state index contributed by atoms with van der Waals surface area (Å²) in [6, 6.07) is 1.43. The molecule has 3 heteroatoms. The third-order valence-corrected chi connectivity index (χ3v) is 3.19. The van der Waals surface area contributed by atoms with Gasteiger partial charge in [0, 0.05) is 18.6 Å². The minimum Gasteiger partial charge on any atom is -0.481 e. The van der Waals surface area contributed by atoms with Crippen LogP contribution in [0, 0.1) is 0 Å². The van der Waals surface area contributed by atoms with E-state index < -0.39 is 5.97 Å². The van der Waals surface area contributed by atoms with E-state index in [9.17, 15) is 4.79 Å². The van der Waals surface area contributed by atoms with Crippen LogP contribution < -0.4 is 0 Å². The molecule has 0 radical (unpaired) electrons. The van der Waals surface area contributed by atoms with Gasteiger partial charge in [-0.2, -0.15) is 0 Å². The maximum Gasteiger partial charge on any atom is 0.304 e. The molecule has 2 bridgehead atoms. The predicted molar refractivity (Wildman–Crippen MR) is 45.0 cm³/mol. The predicted octanol–water partition coefficient (Wildman–Crippen LogP) is 1.09. The Morgan fingerprint density at radius 3 is 2.17 bits per heavy atom. The van der Waals surface area contributed by atoms with Crippen LogP contribution in [-0.2, 0) is 4.79 Å². The van der Waals surface area contributed by atoms with Crippen LogP contribution in [0.2, 0.25) is 0 Å². The second-order valence-electron chi connectivity index (χ2n) is 3.84. The Bertz CT molecular complexity index is 173. The molecule has 68 valence electrons. The highest BCUT2D eigenvalue weighted by atomic mass is 16.4. The first kappa shape index (κ1) is 8.05. The molecule has 0 aromatic heterocycles. The summed E-state index contributed by atoms with van der Waals surface area (Å²) in [5.41, 5.74) is 0. The van der Waals surface area contributed by atoms with Crippen molar-refractivity contribution in [2.75, 3.05) is 6.54 Å². The number of carboxylic acid groups (broad SMARTS) is 1. The summed E-state index contributed by atoms with van der Waals surface area (Å²) in [5, 5.41) is 8.54. The lowest BCUT2D eigenvalue weighted by Crippen LogP contribution is -2.30. The molecule has 0 amide bonds.